The van der Waals surface area contributed by atoms with Crippen LogP contribution in [0.25, 0.3) is 22.8 Å². The number of carbonyl (C=O) groups is 1. The van der Waals surface area contributed by atoms with Gasteiger partial charge in [-0.05, 0) is 45.5 Å². The Balaban J connectivity index is 2.05. The normalized spacial score (nSPS) is 11.0. The van der Waals surface area contributed by atoms with E-state index in [1.54, 1.807) is 26.4 Å². The van der Waals surface area contributed by atoms with Gasteiger partial charge in [-0.1, -0.05) is 67.3 Å². The number of benzene rings is 3. The molecule has 0 radical (unpaired) electrons. The topological polar surface area (TPSA) is 55.8 Å². The Kier molecular flexibility index (Phi) is 6.15. The highest BCUT2D eigenvalue weighted by Crippen LogP contribution is 2.34. The summed E-state index contributed by atoms with van der Waals surface area (Å²) in [6.45, 7) is 3.87. The second-order valence-electron chi connectivity index (χ2n) is 6.33. The average molecular weight is 386 g/mol. The summed E-state index contributed by atoms with van der Waals surface area (Å²) in [5.41, 5.74) is 5.25. The van der Waals surface area contributed by atoms with Gasteiger partial charge in [-0.3, -0.25) is 0 Å². The van der Waals surface area contributed by atoms with Crippen LogP contribution >= 0.6 is 0 Å². The molecule has 0 saturated heterocycles. The van der Waals surface area contributed by atoms with Crippen molar-refractivity contribution < 1.29 is 19.4 Å². The molecule has 0 bridgehead atoms. The molecule has 0 unspecified atom stereocenters. The molecule has 29 heavy (non-hydrogen) atoms. The zero-order valence-corrected chi connectivity index (χ0v) is 16.4. The van der Waals surface area contributed by atoms with Gasteiger partial charge < -0.3 is 14.6 Å². The lowest BCUT2D eigenvalue weighted by molar-refractivity contribution is -0.131. The minimum Gasteiger partial charge on any atom is -0.493 e. The number of methoxy groups -OCH3 is 2. The average Bonchev–Trinajstić information content (AvgIpc) is 2.77. The standard InChI is InChI=1S/C25H22O4/c1-4-17-7-5-6-8-21(17)18-9-11-19(12-10-18)22(16-25(26)27)20-13-14-23(28-2)24(15-20)29-3/h4-16H,1H2,2-3H3,(H,26,27). The Morgan fingerprint density at radius 3 is 2.17 bits per heavy atom. The molecule has 0 spiro atoms. The molecule has 0 aliphatic carbocycles. The fourth-order valence-electron chi connectivity index (χ4n) is 3.23. The van der Waals surface area contributed by atoms with E-state index in [9.17, 15) is 9.90 Å². The van der Waals surface area contributed by atoms with Crippen molar-refractivity contribution in [3.05, 3.63) is 96.1 Å². The summed E-state index contributed by atoms with van der Waals surface area (Å²) in [5, 5.41) is 9.39. The first kappa shape index (κ1) is 20.0. The van der Waals surface area contributed by atoms with Crippen LogP contribution in [0.1, 0.15) is 16.7 Å². The summed E-state index contributed by atoms with van der Waals surface area (Å²) in [5.74, 6) is 0.107. The SMILES string of the molecule is C=Cc1ccccc1-c1ccc(C(=CC(=O)O)c2ccc(OC)c(OC)c2)cc1. The number of aliphatic carboxylic acids is 1. The molecule has 4 heteroatoms. The number of carboxylic acids is 1. The fourth-order valence-corrected chi connectivity index (χ4v) is 3.23. The molecular formula is C25H22O4. The highest BCUT2D eigenvalue weighted by Gasteiger charge is 2.12. The molecule has 0 aromatic heterocycles. The third-order valence-corrected chi connectivity index (χ3v) is 4.65. The van der Waals surface area contributed by atoms with E-state index in [-0.39, 0.29) is 0 Å². The number of rotatable bonds is 7. The summed E-state index contributed by atoms with van der Waals surface area (Å²) in [6, 6.07) is 21.1. The number of carboxylic acid groups (broad SMARTS) is 1. The van der Waals surface area contributed by atoms with Crippen molar-refractivity contribution in [3.63, 3.8) is 0 Å². The largest absolute Gasteiger partial charge is 0.493 e. The van der Waals surface area contributed by atoms with E-state index in [2.05, 4.69) is 6.58 Å². The first-order valence-electron chi connectivity index (χ1n) is 9.06. The molecular weight excluding hydrogens is 364 g/mol. The molecule has 3 aromatic carbocycles. The molecule has 3 rings (SSSR count). The molecule has 0 atom stereocenters. The molecule has 4 nitrogen and oxygen atoms in total. The van der Waals surface area contributed by atoms with Crippen LogP contribution in [-0.2, 0) is 4.79 Å². The maximum absolute atomic E-state index is 11.5. The molecule has 0 fully saturated rings. The quantitative estimate of drug-likeness (QED) is 0.543. The maximum Gasteiger partial charge on any atom is 0.328 e. The van der Waals surface area contributed by atoms with Crippen molar-refractivity contribution in [1.82, 2.24) is 0 Å². The number of ether oxygens (including phenoxy) is 2. The van der Waals surface area contributed by atoms with Crippen LogP contribution in [0.4, 0.5) is 0 Å². The lowest BCUT2D eigenvalue weighted by Gasteiger charge is -2.13. The van der Waals surface area contributed by atoms with E-state index in [0.717, 1.165) is 27.8 Å². The zero-order chi connectivity index (χ0) is 20.8. The molecule has 0 aliphatic rings. The van der Waals surface area contributed by atoms with Crippen molar-refractivity contribution in [2.75, 3.05) is 14.2 Å². The highest BCUT2D eigenvalue weighted by atomic mass is 16.5. The smallest absolute Gasteiger partial charge is 0.328 e. The summed E-state index contributed by atoms with van der Waals surface area (Å²) in [6.07, 6.45) is 3.02. The molecule has 146 valence electrons. The Hall–Kier alpha value is -3.79. The van der Waals surface area contributed by atoms with Crippen molar-refractivity contribution in [2.24, 2.45) is 0 Å². The monoisotopic (exact) mass is 386 g/mol. The predicted molar refractivity (Wildman–Crippen MR) is 116 cm³/mol. The van der Waals surface area contributed by atoms with Crippen molar-refractivity contribution in [2.45, 2.75) is 0 Å². The Morgan fingerprint density at radius 2 is 1.55 bits per heavy atom. The van der Waals surface area contributed by atoms with Crippen LogP contribution in [0.15, 0.2) is 79.4 Å². The van der Waals surface area contributed by atoms with E-state index >= 15 is 0 Å². The summed E-state index contributed by atoms with van der Waals surface area (Å²) >= 11 is 0. The third-order valence-electron chi connectivity index (χ3n) is 4.65. The summed E-state index contributed by atoms with van der Waals surface area (Å²) < 4.78 is 10.6. The minimum absolute atomic E-state index is 0.540. The van der Waals surface area contributed by atoms with Gasteiger partial charge >= 0.3 is 5.97 Å². The number of hydrogen-bond acceptors (Lipinski definition) is 3. The van der Waals surface area contributed by atoms with Gasteiger partial charge in [-0.25, -0.2) is 4.79 Å². The van der Waals surface area contributed by atoms with Gasteiger partial charge in [-0.2, -0.15) is 0 Å². The van der Waals surface area contributed by atoms with Gasteiger partial charge in [-0.15, -0.1) is 0 Å². The van der Waals surface area contributed by atoms with E-state index in [1.807, 2.05) is 60.7 Å². The Bertz CT molecular complexity index is 1060. The van der Waals surface area contributed by atoms with Crippen LogP contribution in [0.3, 0.4) is 0 Å². The molecule has 0 amide bonds. The van der Waals surface area contributed by atoms with Crippen molar-refractivity contribution in [1.29, 1.82) is 0 Å². The fraction of sp³-hybridized carbons (Fsp3) is 0.0800. The zero-order valence-electron chi connectivity index (χ0n) is 16.4. The molecule has 0 aliphatic heterocycles. The van der Waals surface area contributed by atoms with Gasteiger partial charge in [0.25, 0.3) is 0 Å². The third kappa shape index (κ3) is 4.38. The summed E-state index contributed by atoms with van der Waals surface area (Å²) in [4.78, 5) is 11.5. The van der Waals surface area contributed by atoms with E-state index in [0.29, 0.717) is 17.1 Å². The van der Waals surface area contributed by atoms with Crippen LogP contribution in [0.5, 0.6) is 11.5 Å². The van der Waals surface area contributed by atoms with Crippen LogP contribution in [0, 0.1) is 0 Å². The highest BCUT2D eigenvalue weighted by molar-refractivity contribution is 5.96. The predicted octanol–water partition coefficient (Wildman–Crippen LogP) is 5.53. The van der Waals surface area contributed by atoms with Crippen LogP contribution in [-0.4, -0.2) is 25.3 Å². The molecule has 0 saturated carbocycles. The van der Waals surface area contributed by atoms with Crippen LogP contribution in [0.2, 0.25) is 0 Å². The number of hydrogen-bond donors (Lipinski definition) is 1. The second kappa shape index (κ2) is 8.93. The second-order valence-corrected chi connectivity index (χ2v) is 6.33. The Labute approximate surface area is 170 Å². The lowest BCUT2D eigenvalue weighted by Crippen LogP contribution is -1.97. The van der Waals surface area contributed by atoms with E-state index < -0.39 is 5.97 Å². The van der Waals surface area contributed by atoms with Gasteiger partial charge in [0.15, 0.2) is 11.5 Å². The van der Waals surface area contributed by atoms with Crippen molar-refractivity contribution in [3.8, 4) is 22.6 Å². The lowest BCUT2D eigenvalue weighted by atomic mass is 9.93. The molecule has 0 heterocycles. The molecule has 1 N–H and O–H groups in total. The van der Waals surface area contributed by atoms with E-state index in [1.165, 1.54) is 6.08 Å². The van der Waals surface area contributed by atoms with Gasteiger partial charge in [0, 0.05) is 6.08 Å². The summed E-state index contributed by atoms with van der Waals surface area (Å²) in [7, 11) is 3.11. The Morgan fingerprint density at radius 1 is 0.897 bits per heavy atom. The van der Waals surface area contributed by atoms with Gasteiger partial charge in [0.1, 0.15) is 0 Å². The van der Waals surface area contributed by atoms with E-state index in [4.69, 9.17) is 9.47 Å². The minimum atomic E-state index is -1.02. The molecule has 3 aromatic rings. The first-order chi connectivity index (χ1) is 14.1. The first-order valence-corrected chi connectivity index (χ1v) is 9.06. The van der Waals surface area contributed by atoms with Crippen LogP contribution < -0.4 is 9.47 Å². The maximum atomic E-state index is 11.5. The van der Waals surface area contributed by atoms with Gasteiger partial charge in [0.05, 0.1) is 14.2 Å². The van der Waals surface area contributed by atoms with Gasteiger partial charge in [0.2, 0.25) is 0 Å². The van der Waals surface area contributed by atoms with Crippen molar-refractivity contribution >= 4 is 17.6 Å².